The molecule has 1 aromatic carbocycles. The molecule has 9 heteroatoms. The van der Waals surface area contributed by atoms with Crippen molar-refractivity contribution in [2.24, 2.45) is 0 Å². The molecule has 0 bridgehead atoms. The van der Waals surface area contributed by atoms with Crippen LogP contribution in [0, 0.1) is 6.92 Å². The Morgan fingerprint density at radius 1 is 1.06 bits per heavy atom. The smallest absolute Gasteiger partial charge is 0.267 e. The Balaban J connectivity index is 1.22. The number of amides is 1. The Hall–Kier alpha value is -3.69. The van der Waals surface area contributed by atoms with Crippen LogP contribution >= 0.6 is 11.3 Å². The molecule has 3 aromatic heterocycles. The molecule has 172 valence electrons. The van der Waals surface area contributed by atoms with Gasteiger partial charge in [0.2, 0.25) is 0 Å². The van der Waals surface area contributed by atoms with Crippen LogP contribution in [0.25, 0.3) is 10.7 Å². The van der Waals surface area contributed by atoms with Gasteiger partial charge in [0, 0.05) is 25.5 Å². The number of benzene rings is 1. The SMILES string of the molecule is Cc1nc(-c2cnccn2)sc1C(=O)Nc1ccc(N2CCC(O)(c3ccccc3)CC2)nc1. The number of piperidine rings is 1. The number of hydrogen-bond acceptors (Lipinski definition) is 8. The van der Waals surface area contributed by atoms with E-state index in [0.717, 1.165) is 11.4 Å². The van der Waals surface area contributed by atoms with E-state index >= 15 is 0 Å². The van der Waals surface area contributed by atoms with Crippen molar-refractivity contribution in [2.45, 2.75) is 25.4 Å². The Morgan fingerprint density at radius 2 is 1.85 bits per heavy atom. The summed E-state index contributed by atoms with van der Waals surface area (Å²) < 4.78 is 0. The fourth-order valence-electron chi connectivity index (χ4n) is 4.10. The first-order valence-electron chi connectivity index (χ1n) is 11.1. The van der Waals surface area contributed by atoms with Crippen molar-refractivity contribution in [2.75, 3.05) is 23.3 Å². The zero-order chi connectivity index (χ0) is 23.5. The summed E-state index contributed by atoms with van der Waals surface area (Å²) in [5, 5.41) is 14.6. The minimum atomic E-state index is -0.803. The molecule has 1 fully saturated rings. The summed E-state index contributed by atoms with van der Waals surface area (Å²) in [6.07, 6.45) is 7.76. The quantitative estimate of drug-likeness (QED) is 0.452. The molecule has 1 aliphatic rings. The van der Waals surface area contributed by atoms with E-state index in [4.69, 9.17) is 0 Å². The van der Waals surface area contributed by atoms with Crippen LogP contribution in [0.2, 0.25) is 0 Å². The molecule has 8 nitrogen and oxygen atoms in total. The number of anilines is 2. The van der Waals surface area contributed by atoms with Gasteiger partial charge in [0.25, 0.3) is 5.91 Å². The normalized spacial score (nSPS) is 15.2. The number of nitrogens with one attached hydrogen (secondary N) is 1. The first-order chi connectivity index (χ1) is 16.5. The number of carbonyl (C=O) groups excluding carboxylic acids is 1. The zero-order valence-corrected chi connectivity index (χ0v) is 19.5. The maximum atomic E-state index is 12.8. The number of rotatable bonds is 5. The average Bonchev–Trinajstić information content (AvgIpc) is 3.28. The van der Waals surface area contributed by atoms with Crippen LogP contribution in [0.4, 0.5) is 11.5 Å². The molecule has 1 aliphatic heterocycles. The second-order valence-corrected chi connectivity index (χ2v) is 9.27. The van der Waals surface area contributed by atoms with Gasteiger partial charge in [-0.05, 0) is 37.5 Å². The first-order valence-corrected chi connectivity index (χ1v) is 11.9. The van der Waals surface area contributed by atoms with E-state index in [1.165, 1.54) is 11.3 Å². The van der Waals surface area contributed by atoms with Crippen molar-refractivity contribution in [1.82, 2.24) is 19.9 Å². The molecular weight excluding hydrogens is 448 g/mol. The highest BCUT2D eigenvalue weighted by Gasteiger charge is 2.34. The maximum absolute atomic E-state index is 12.8. The van der Waals surface area contributed by atoms with Crippen LogP contribution < -0.4 is 10.2 Å². The summed E-state index contributed by atoms with van der Waals surface area (Å²) in [7, 11) is 0. The third-order valence-corrected chi connectivity index (χ3v) is 7.20. The topological polar surface area (TPSA) is 104 Å². The highest BCUT2D eigenvalue weighted by atomic mass is 32.1. The van der Waals surface area contributed by atoms with Gasteiger partial charge in [0.05, 0.1) is 29.4 Å². The summed E-state index contributed by atoms with van der Waals surface area (Å²) in [6.45, 7) is 3.21. The summed E-state index contributed by atoms with van der Waals surface area (Å²) in [5.74, 6) is 0.595. The molecule has 0 radical (unpaired) electrons. The van der Waals surface area contributed by atoms with E-state index < -0.39 is 5.60 Å². The number of hydrogen-bond donors (Lipinski definition) is 2. The van der Waals surface area contributed by atoms with Gasteiger partial charge in [-0.3, -0.25) is 14.8 Å². The van der Waals surface area contributed by atoms with Crippen LogP contribution in [0.5, 0.6) is 0 Å². The van der Waals surface area contributed by atoms with E-state index in [-0.39, 0.29) is 5.91 Å². The molecule has 4 aromatic rings. The lowest BCUT2D eigenvalue weighted by Gasteiger charge is -2.39. The molecule has 0 atom stereocenters. The highest BCUT2D eigenvalue weighted by Crippen LogP contribution is 2.34. The molecular formula is C25H24N6O2S. The standard InChI is InChI=1S/C25H24N6O2S/c1-17-22(34-24(29-17)20-16-26-11-12-27-20)23(32)30-19-7-8-21(28-15-19)31-13-9-25(33,10-14-31)18-5-3-2-4-6-18/h2-8,11-12,15-16,33H,9-10,13-14H2,1H3,(H,30,32). The van der Waals surface area contributed by atoms with Crippen molar-refractivity contribution in [3.05, 3.63) is 83.4 Å². The molecule has 0 saturated carbocycles. The van der Waals surface area contributed by atoms with Gasteiger partial charge in [-0.15, -0.1) is 11.3 Å². The second-order valence-electron chi connectivity index (χ2n) is 8.27. The zero-order valence-electron chi connectivity index (χ0n) is 18.7. The molecule has 0 aliphatic carbocycles. The Morgan fingerprint density at radius 3 is 2.53 bits per heavy atom. The van der Waals surface area contributed by atoms with Gasteiger partial charge < -0.3 is 15.3 Å². The van der Waals surface area contributed by atoms with Gasteiger partial charge in [0.1, 0.15) is 21.4 Å². The van der Waals surface area contributed by atoms with Crippen LogP contribution in [0.3, 0.4) is 0 Å². The molecule has 2 N–H and O–H groups in total. The predicted molar refractivity (Wildman–Crippen MR) is 132 cm³/mol. The van der Waals surface area contributed by atoms with Crippen LogP contribution in [0.1, 0.15) is 33.8 Å². The number of nitrogens with zero attached hydrogens (tertiary/aromatic N) is 5. The fraction of sp³-hybridized carbons (Fsp3) is 0.240. The van der Waals surface area contributed by atoms with Crippen molar-refractivity contribution in [1.29, 1.82) is 0 Å². The van der Waals surface area contributed by atoms with Crippen LogP contribution in [0.15, 0.2) is 67.3 Å². The fourth-order valence-corrected chi connectivity index (χ4v) is 5.03. The average molecular weight is 473 g/mol. The molecule has 1 amide bonds. The molecule has 34 heavy (non-hydrogen) atoms. The van der Waals surface area contributed by atoms with Gasteiger partial charge >= 0.3 is 0 Å². The maximum Gasteiger partial charge on any atom is 0.267 e. The minimum Gasteiger partial charge on any atom is -0.385 e. The summed E-state index contributed by atoms with van der Waals surface area (Å²) in [5.41, 5.74) is 2.05. The van der Waals surface area contributed by atoms with E-state index in [1.54, 1.807) is 31.7 Å². The number of carbonyl (C=O) groups is 1. The van der Waals surface area contributed by atoms with Gasteiger partial charge in [0.15, 0.2) is 0 Å². The highest BCUT2D eigenvalue weighted by molar-refractivity contribution is 7.17. The third kappa shape index (κ3) is 4.52. The van der Waals surface area contributed by atoms with Crippen molar-refractivity contribution < 1.29 is 9.90 Å². The molecule has 1 saturated heterocycles. The Bertz CT molecular complexity index is 1270. The van der Waals surface area contributed by atoms with E-state index in [1.807, 2.05) is 42.5 Å². The summed E-state index contributed by atoms with van der Waals surface area (Å²) in [4.78, 5) is 32.8. The second kappa shape index (κ2) is 9.28. The molecule has 4 heterocycles. The van der Waals surface area contributed by atoms with Gasteiger partial charge in [-0.2, -0.15) is 0 Å². The Kier molecular flexibility index (Phi) is 6.04. The Labute approximate surface area is 201 Å². The predicted octanol–water partition coefficient (Wildman–Crippen LogP) is 4.04. The monoisotopic (exact) mass is 472 g/mol. The lowest BCUT2D eigenvalue weighted by atomic mass is 9.84. The van der Waals surface area contributed by atoms with E-state index in [0.29, 0.717) is 52.9 Å². The number of aryl methyl sites for hydroxylation is 1. The lowest BCUT2D eigenvalue weighted by Crippen LogP contribution is -2.42. The summed E-state index contributed by atoms with van der Waals surface area (Å²) >= 11 is 1.29. The molecule has 0 spiro atoms. The van der Waals surface area contributed by atoms with Crippen molar-refractivity contribution >= 4 is 28.7 Å². The number of pyridine rings is 1. The largest absolute Gasteiger partial charge is 0.385 e. The third-order valence-electron chi connectivity index (χ3n) is 6.02. The van der Waals surface area contributed by atoms with Crippen LogP contribution in [-0.2, 0) is 5.60 Å². The van der Waals surface area contributed by atoms with E-state index in [2.05, 4.69) is 30.2 Å². The number of aromatic nitrogens is 4. The lowest BCUT2D eigenvalue weighted by molar-refractivity contribution is 0.0116. The minimum absolute atomic E-state index is 0.231. The van der Waals surface area contributed by atoms with Crippen molar-refractivity contribution in [3.8, 4) is 10.7 Å². The molecule has 0 unspecified atom stereocenters. The number of aliphatic hydroxyl groups is 1. The first kappa shape index (κ1) is 22.1. The summed E-state index contributed by atoms with van der Waals surface area (Å²) in [6, 6.07) is 13.6. The van der Waals surface area contributed by atoms with Gasteiger partial charge in [-0.25, -0.2) is 9.97 Å². The van der Waals surface area contributed by atoms with Crippen LogP contribution in [-0.4, -0.2) is 44.0 Å². The molecule has 5 rings (SSSR count). The van der Waals surface area contributed by atoms with E-state index in [9.17, 15) is 9.90 Å². The van der Waals surface area contributed by atoms with Crippen molar-refractivity contribution in [3.63, 3.8) is 0 Å². The van der Waals surface area contributed by atoms with Gasteiger partial charge in [-0.1, -0.05) is 30.3 Å². The number of thiazole rings is 1.